The van der Waals surface area contributed by atoms with Crippen LogP contribution in [0.3, 0.4) is 0 Å². The Labute approximate surface area is 122 Å². The Morgan fingerprint density at radius 1 is 1.18 bits per heavy atom. The van der Waals surface area contributed by atoms with Gasteiger partial charge in [0.05, 0.1) is 6.26 Å². The zero-order chi connectivity index (χ0) is 15.7. The summed E-state index contributed by atoms with van der Waals surface area (Å²) in [6, 6.07) is 5.96. The highest BCUT2D eigenvalue weighted by Gasteiger charge is 2.23. The van der Waals surface area contributed by atoms with Crippen molar-refractivity contribution in [3.8, 4) is 11.5 Å². The molecule has 0 aliphatic carbocycles. The normalized spacial score (nSPS) is 10.7. The van der Waals surface area contributed by atoms with Gasteiger partial charge in [0, 0.05) is 0 Å². The standard InChI is InChI=1S/C13H9N3O6/c17-12(18)9-4-3-7(22-9)6-16-11(8-2-1-5-21-8)10(13(19)20)14-15-16/h1-5H,6H2,(H,17,18)(H,19,20). The molecule has 3 aromatic rings. The maximum atomic E-state index is 11.2. The van der Waals surface area contributed by atoms with Crippen LogP contribution in [-0.4, -0.2) is 37.1 Å². The third-order valence-electron chi connectivity index (χ3n) is 2.87. The average Bonchev–Trinajstić information content (AvgIpc) is 3.18. The molecule has 0 aliphatic heterocycles. The summed E-state index contributed by atoms with van der Waals surface area (Å²) in [6.07, 6.45) is 1.40. The molecule has 9 heteroatoms. The van der Waals surface area contributed by atoms with Gasteiger partial charge in [-0.05, 0) is 24.3 Å². The van der Waals surface area contributed by atoms with Gasteiger partial charge in [-0.25, -0.2) is 14.3 Å². The second-order valence-electron chi connectivity index (χ2n) is 4.30. The van der Waals surface area contributed by atoms with Crippen molar-refractivity contribution in [1.29, 1.82) is 0 Å². The lowest BCUT2D eigenvalue weighted by atomic mass is 10.2. The second kappa shape index (κ2) is 5.20. The maximum absolute atomic E-state index is 11.2. The van der Waals surface area contributed by atoms with Gasteiger partial charge in [-0.1, -0.05) is 5.21 Å². The number of nitrogens with zero attached hydrogens (tertiary/aromatic N) is 3. The van der Waals surface area contributed by atoms with Crippen molar-refractivity contribution in [1.82, 2.24) is 15.0 Å². The van der Waals surface area contributed by atoms with Crippen LogP contribution in [0.25, 0.3) is 11.5 Å². The minimum Gasteiger partial charge on any atom is -0.476 e. The fourth-order valence-corrected chi connectivity index (χ4v) is 1.95. The van der Waals surface area contributed by atoms with Crippen LogP contribution in [0.15, 0.2) is 39.4 Å². The fraction of sp³-hybridized carbons (Fsp3) is 0.0769. The van der Waals surface area contributed by atoms with Gasteiger partial charge >= 0.3 is 11.9 Å². The Balaban J connectivity index is 2.00. The van der Waals surface area contributed by atoms with E-state index in [0.29, 0.717) is 5.76 Å². The van der Waals surface area contributed by atoms with E-state index in [1.54, 1.807) is 12.1 Å². The third-order valence-corrected chi connectivity index (χ3v) is 2.87. The molecule has 0 unspecified atom stereocenters. The highest BCUT2D eigenvalue weighted by molar-refractivity contribution is 5.91. The zero-order valence-corrected chi connectivity index (χ0v) is 11.0. The third kappa shape index (κ3) is 2.35. The van der Waals surface area contributed by atoms with Crippen molar-refractivity contribution in [3.05, 3.63) is 47.7 Å². The summed E-state index contributed by atoms with van der Waals surface area (Å²) in [5.41, 5.74) is -0.0919. The highest BCUT2D eigenvalue weighted by atomic mass is 16.4. The first-order valence-electron chi connectivity index (χ1n) is 6.09. The number of hydrogen-bond acceptors (Lipinski definition) is 6. The Morgan fingerprint density at radius 2 is 2.00 bits per heavy atom. The van der Waals surface area contributed by atoms with Gasteiger partial charge < -0.3 is 19.0 Å². The summed E-state index contributed by atoms with van der Waals surface area (Å²) in [5, 5.41) is 25.4. The molecule has 3 aromatic heterocycles. The molecular formula is C13H9N3O6. The van der Waals surface area contributed by atoms with Crippen LogP contribution in [0.5, 0.6) is 0 Å². The number of hydrogen-bond donors (Lipinski definition) is 2. The van der Waals surface area contributed by atoms with Crippen molar-refractivity contribution in [2.24, 2.45) is 0 Å². The molecule has 0 aliphatic rings. The number of aromatic nitrogens is 3. The van der Waals surface area contributed by atoms with E-state index in [1.807, 2.05) is 0 Å². The smallest absolute Gasteiger partial charge is 0.371 e. The average molecular weight is 303 g/mol. The van der Waals surface area contributed by atoms with Crippen molar-refractivity contribution in [2.45, 2.75) is 6.54 Å². The zero-order valence-electron chi connectivity index (χ0n) is 11.0. The van der Waals surface area contributed by atoms with E-state index in [2.05, 4.69) is 10.3 Å². The number of carboxylic acids is 2. The summed E-state index contributed by atoms with van der Waals surface area (Å²) in [4.78, 5) is 22.0. The van der Waals surface area contributed by atoms with E-state index in [1.165, 1.54) is 23.1 Å². The molecule has 0 spiro atoms. The van der Waals surface area contributed by atoms with Crippen molar-refractivity contribution in [2.75, 3.05) is 0 Å². The summed E-state index contributed by atoms with van der Waals surface area (Å²) in [6.45, 7) is 0.0175. The van der Waals surface area contributed by atoms with Crippen LogP contribution < -0.4 is 0 Å². The topological polar surface area (TPSA) is 132 Å². The first-order chi connectivity index (χ1) is 10.6. The lowest BCUT2D eigenvalue weighted by molar-refractivity contribution is 0.0657. The van der Waals surface area contributed by atoms with Gasteiger partial charge in [-0.3, -0.25) is 0 Å². The SMILES string of the molecule is O=C(O)c1ccc(Cn2nnc(C(=O)O)c2-c2ccco2)o1. The molecule has 0 fully saturated rings. The monoisotopic (exact) mass is 303 g/mol. The predicted octanol–water partition coefficient (Wildman–Crippen LogP) is 1.58. The summed E-state index contributed by atoms with van der Waals surface area (Å²) in [5.74, 6) is -2.07. The second-order valence-corrected chi connectivity index (χ2v) is 4.30. The molecule has 9 nitrogen and oxygen atoms in total. The quantitative estimate of drug-likeness (QED) is 0.726. The molecule has 0 aromatic carbocycles. The van der Waals surface area contributed by atoms with Crippen molar-refractivity contribution in [3.63, 3.8) is 0 Å². The molecule has 112 valence electrons. The molecule has 0 bridgehead atoms. The van der Waals surface area contributed by atoms with Crippen LogP contribution in [0.1, 0.15) is 26.8 Å². The predicted molar refractivity (Wildman–Crippen MR) is 69.5 cm³/mol. The van der Waals surface area contributed by atoms with E-state index >= 15 is 0 Å². The molecule has 22 heavy (non-hydrogen) atoms. The first-order valence-corrected chi connectivity index (χ1v) is 6.09. The molecule has 0 atom stereocenters. The lowest BCUT2D eigenvalue weighted by Crippen LogP contribution is -2.05. The van der Waals surface area contributed by atoms with Gasteiger partial charge in [-0.2, -0.15) is 0 Å². The highest BCUT2D eigenvalue weighted by Crippen LogP contribution is 2.24. The van der Waals surface area contributed by atoms with Crippen LogP contribution in [-0.2, 0) is 6.54 Å². The fourth-order valence-electron chi connectivity index (χ4n) is 1.95. The Bertz CT molecular complexity index is 830. The molecule has 0 amide bonds. The molecule has 3 rings (SSSR count). The Hall–Kier alpha value is -3.36. The van der Waals surface area contributed by atoms with E-state index in [0.717, 1.165) is 0 Å². The van der Waals surface area contributed by atoms with Gasteiger partial charge in [0.1, 0.15) is 18.0 Å². The molecule has 3 heterocycles. The van der Waals surface area contributed by atoms with Crippen LogP contribution in [0.4, 0.5) is 0 Å². The molecule has 0 saturated carbocycles. The van der Waals surface area contributed by atoms with E-state index in [-0.39, 0.29) is 29.5 Å². The number of carboxylic acid groups (broad SMARTS) is 2. The number of aromatic carboxylic acids is 2. The van der Waals surface area contributed by atoms with Crippen molar-refractivity contribution >= 4 is 11.9 Å². The van der Waals surface area contributed by atoms with E-state index in [4.69, 9.17) is 19.0 Å². The van der Waals surface area contributed by atoms with Gasteiger partial charge in [0.15, 0.2) is 5.76 Å². The minimum atomic E-state index is -1.25. The van der Waals surface area contributed by atoms with Gasteiger partial charge in [0.2, 0.25) is 11.5 Å². The summed E-state index contributed by atoms with van der Waals surface area (Å²) >= 11 is 0. The number of furan rings is 2. The largest absolute Gasteiger partial charge is 0.476 e. The first kappa shape index (κ1) is 13.6. The van der Waals surface area contributed by atoms with Crippen molar-refractivity contribution < 1.29 is 28.6 Å². The van der Waals surface area contributed by atoms with Crippen LogP contribution >= 0.6 is 0 Å². The summed E-state index contributed by atoms with van der Waals surface area (Å²) < 4.78 is 11.6. The molecule has 0 saturated heterocycles. The number of carbonyl (C=O) groups is 2. The molecular weight excluding hydrogens is 294 g/mol. The number of rotatable bonds is 5. The maximum Gasteiger partial charge on any atom is 0.371 e. The Morgan fingerprint density at radius 3 is 2.59 bits per heavy atom. The lowest BCUT2D eigenvalue weighted by Gasteiger charge is -2.02. The van der Waals surface area contributed by atoms with Gasteiger partial charge in [0.25, 0.3) is 0 Å². The van der Waals surface area contributed by atoms with Crippen LogP contribution in [0, 0.1) is 0 Å². The Kier molecular flexibility index (Phi) is 3.22. The van der Waals surface area contributed by atoms with Crippen LogP contribution in [0.2, 0.25) is 0 Å². The molecule has 2 N–H and O–H groups in total. The minimum absolute atomic E-state index is 0.0175. The molecule has 0 radical (unpaired) electrons. The van der Waals surface area contributed by atoms with E-state index in [9.17, 15) is 9.59 Å². The van der Waals surface area contributed by atoms with E-state index < -0.39 is 11.9 Å². The van der Waals surface area contributed by atoms with Gasteiger partial charge in [-0.15, -0.1) is 5.10 Å². The summed E-state index contributed by atoms with van der Waals surface area (Å²) in [7, 11) is 0.